The number of hydrogen-bond donors (Lipinski definition) is 0. The van der Waals surface area contributed by atoms with E-state index in [9.17, 15) is 9.59 Å². The zero-order chi connectivity index (χ0) is 10.5. The van der Waals surface area contributed by atoms with E-state index in [4.69, 9.17) is 0 Å². The van der Waals surface area contributed by atoms with Gasteiger partial charge < -0.3 is 12.4 Å². The average molecular weight is 218 g/mol. The van der Waals surface area contributed by atoms with E-state index in [2.05, 4.69) is 13.2 Å². The Balaban J connectivity index is 0. The summed E-state index contributed by atoms with van der Waals surface area (Å²) in [6.07, 6.45) is 2.38. The van der Waals surface area contributed by atoms with Gasteiger partial charge >= 0.3 is 11.8 Å². The summed E-state index contributed by atoms with van der Waals surface area (Å²) in [6, 6.07) is 0. The van der Waals surface area contributed by atoms with E-state index in [-0.39, 0.29) is 28.7 Å². The summed E-state index contributed by atoms with van der Waals surface area (Å²) in [4.78, 5) is 23.0. The molecular weight excluding hydrogens is 202 g/mol. The van der Waals surface area contributed by atoms with Crippen LogP contribution in [0.3, 0.4) is 0 Å². The van der Waals surface area contributed by atoms with Gasteiger partial charge in [0.25, 0.3) is 0 Å². The van der Waals surface area contributed by atoms with E-state index >= 15 is 0 Å². The van der Waals surface area contributed by atoms with Crippen molar-refractivity contribution in [3.63, 3.8) is 0 Å². The zero-order valence-electron chi connectivity index (χ0n) is 8.62. The maximum atomic E-state index is 11.5. The molecule has 0 rings (SSSR count). The Labute approximate surface area is 91.1 Å². The zero-order valence-corrected chi connectivity index (χ0v) is 9.38. The Morgan fingerprint density at radius 3 is 1.50 bits per heavy atom. The van der Waals surface area contributed by atoms with Crippen LogP contribution in [0.15, 0.2) is 25.3 Å². The third kappa shape index (κ3) is 2.53. The molecule has 2 amide bonds. The van der Waals surface area contributed by atoms with Crippen molar-refractivity contribution in [1.29, 1.82) is 0 Å². The molecule has 3 nitrogen and oxygen atoms in total. The number of carbonyl (C=O) groups excluding carboxylic acids is 2. The minimum atomic E-state index is -0.269. The van der Waals surface area contributed by atoms with Gasteiger partial charge in [-0.2, -0.15) is 4.48 Å². The van der Waals surface area contributed by atoms with Crippen LogP contribution in [0, 0.1) is 0 Å². The number of amides is 2. The SMILES string of the molecule is C=CC(=O)[N+](CC)(CC)C(=O)C=C.[Cl-]. The molecule has 0 aliphatic heterocycles. The van der Waals surface area contributed by atoms with Gasteiger partial charge in [0.1, 0.15) is 0 Å². The van der Waals surface area contributed by atoms with Crippen LogP contribution in [0.2, 0.25) is 0 Å². The van der Waals surface area contributed by atoms with Gasteiger partial charge in [-0.1, -0.05) is 13.2 Å². The number of quaternary nitrogens is 1. The summed E-state index contributed by atoms with van der Waals surface area (Å²) < 4.78 is -0.215. The first kappa shape index (κ1) is 15.5. The number of rotatable bonds is 4. The Morgan fingerprint density at radius 1 is 1.07 bits per heavy atom. The smallest absolute Gasteiger partial charge is 0.345 e. The number of likely N-dealkylation sites (N-methyl/N-ethyl adjacent to an activating group) is 1. The summed E-state index contributed by atoms with van der Waals surface area (Å²) in [7, 11) is 0. The highest BCUT2D eigenvalue weighted by atomic mass is 35.5. The molecule has 14 heavy (non-hydrogen) atoms. The summed E-state index contributed by atoms with van der Waals surface area (Å²) in [6.45, 7) is 11.2. The second kappa shape index (κ2) is 6.51. The van der Waals surface area contributed by atoms with E-state index < -0.39 is 0 Å². The lowest BCUT2D eigenvalue weighted by atomic mass is 10.3. The lowest BCUT2D eigenvalue weighted by molar-refractivity contribution is -0.769. The lowest BCUT2D eigenvalue weighted by Gasteiger charge is -2.28. The first-order valence-electron chi connectivity index (χ1n) is 4.30. The van der Waals surface area contributed by atoms with Crippen molar-refractivity contribution < 1.29 is 26.5 Å². The van der Waals surface area contributed by atoms with Crippen molar-refractivity contribution in [3.8, 4) is 0 Å². The van der Waals surface area contributed by atoms with Crippen LogP contribution < -0.4 is 12.4 Å². The third-order valence-electron chi connectivity index (χ3n) is 2.27. The van der Waals surface area contributed by atoms with E-state index in [1.165, 1.54) is 12.2 Å². The molecule has 0 aromatic heterocycles. The van der Waals surface area contributed by atoms with Crippen molar-refractivity contribution >= 4 is 11.8 Å². The van der Waals surface area contributed by atoms with Crippen molar-refractivity contribution in [2.75, 3.05) is 13.1 Å². The number of hydrogen-bond acceptors (Lipinski definition) is 2. The fourth-order valence-corrected chi connectivity index (χ4v) is 1.31. The van der Waals surface area contributed by atoms with Gasteiger partial charge in [-0.25, -0.2) is 9.59 Å². The predicted octanol–water partition coefficient (Wildman–Crippen LogP) is -1.73. The Bertz CT molecular complexity index is 223. The molecule has 0 aliphatic carbocycles. The van der Waals surface area contributed by atoms with Crippen LogP contribution in [-0.2, 0) is 9.59 Å². The summed E-state index contributed by atoms with van der Waals surface area (Å²) in [5, 5.41) is 0. The highest BCUT2D eigenvalue weighted by Crippen LogP contribution is 2.09. The van der Waals surface area contributed by atoms with Crippen LogP contribution in [0.1, 0.15) is 13.8 Å². The minimum absolute atomic E-state index is 0. The largest absolute Gasteiger partial charge is 1.00 e. The van der Waals surface area contributed by atoms with Crippen LogP contribution >= 0.6 is 0 Å². The van der Waals surface area contributed by atoms with Crippen molar-refractivity contribution in [1.82, 2.24) is 0 Å². The lowest BCUT2D eigenvalue weighted by Crippen LogP contribution is -3.00. The van der Waals surface area contributed by atoms with Gasteiger partial charge in [0.15, 0.2) is 0 Å². The van der Waals surface area contributed by atoms with Crippen LogP contribution in [0.5, 0.6) is 0 Å². The number of imide groups is 1. The van der Waals surface area contributed by atoms with Gasteiger partial charge in [0.05, 0.1) is 13.1 Å². The first-order chi connectivity index (χ1) is 6.08. The summed E-state index contributed by atoms with van der Waals surface area (Å²) in [5.41, 5.74) is 0. The molecule has 0 unspecified atom stereocenters. The average Bonchev–Trinajstić information content (AvgIpc) is 2.19. The molecule has 0 spiro atoms. The van der Waals surface area contributed by atoms with Gasteiger partial charge in [-0.15, -0.1) is 0 Å². The maximum absolute atomic E-state index is 11.5. The summed E-state index contributed by atoms with van der Waals surface area (Å²) >= 11 is 0. The Kier molecular flexibility index (Phi) is 7.23. The molecule has 0 saturated carbocycles. The molecule has 0 heterocycles. The van der Waals surface area contributed by atoms with Crippen LogP contribution in [-0.4, -0.2) is 29.4 Å². The molecule has 0 aromatic rings. The molecule has 0 bridgehead atoms. The fourth-order valence-electron chi connectivity index (χ4n) is 1.31. The van der Waals surface area contributed by atoms with Gasteiger partial charge in [0.2, 0.25) is 0 Å². The van der Waals surface area contributed by atoms with E-state index in [1.54, 1.807) is 13.8 Å². The molecule has 0 radical (unpaired) electrons. The number of carbonyl (C=O) groups is 2. The van der Waals surface area contributed by atoms with Gasteiger partial charge in [-0.3, -0.25) is 0 Å². The second-order valence-electron chi connectivity index (χ2n) is 2.69. The van der Waals surface area contributed by atoms with Gasteiger partial charge in [-0.05, 0) is 13.8 Å². The standard InChI is InChI=1S/C10H16NO2.ClH/c1-5-9(12)11(7-3,8-4)10(13)6-2;/h5-6H,1-2,7-8H2,3-4H3;1H/q+1;/p-1. The van der Waals surface area contributed by atoms with E-state index in [0.717, 1.165) is 0 Å². The van der Waals surface area contributed by atoms with Crippen molar-refractivity contribution in [2.45, 2.75) is 13.8 Å². The molecule has 0 atom stereocenters. The van der Waals surface area contributed by atoms with Crippen molar-refractivity contribution in [3.05, 3.63) is 25.3 Å². The summed E-state index contributed by atoms with van der Waals surface area (Å²) in [5.74, 6) is -0.537. The quantitative estimate of drug-likeness (QED) is 0.415. The van der Waals surface area contributed by atoms with Gasteiger partial charge in [0, 0.05) is 12.2 Å². The highest BCUT2D eigenvalue weighted by molar-refractivity contribution is 5.95. The number of nitrogens with zero attached hydrogens (tertiary/aromatic N) is 1. The maximum Gasteiger partial charge on any atom is 0.345 e. The molecule has 0 saturated heterocycles. The highest BCUT2D eigenvalue weighted by Gasteiger charge is 2.37. The Hall–Kier alpha value is -0.930. The fraction of sp³-hybridized carbons (Fsp3) is 0.400. The van der Waals surface area contributed by atoms with E-state index in [1.807, 2.05) is 0 Å². The molecule has 80 valence electrons. The molecule has 0 aromatic carbocycles. The molecule has 0 fully saturated rings. The van der Waals surface area contributed by atoms with Crippen molar-refractivity contribution in [2.24, 2.45) is 0 Å². The predicted molar refractivity (Wildman–Crippen MR) is 51.8 cm³/mol. The van der Waals surface area contributed by atoms with Crippen LogP contribution in [0.4, 0.5) is 0 Å². The molecular formula is C10H16ClNO2. The molecule has 4 heteroatoms. The topological polar surface area (TPSA) is 34.1 Å². The third-order valence-corrected chi connectivity index (χ3v) is 2.27. The molecule has 0 N–H and O–H groups in total. The monoisotopic (exact) mass is 217 g/mol. The first-order valence-corrected chi connectivity index (χ1v) is 4.30. The van der Waals surface area contributed by atoms with E-state index in [0.29, 0.717) is 13.1 Å². The molecule has 0 aliphatic rings. The minimum Gasteiger partial charge on any atom is -1.00 e. The number of halogens is 1. The van der Waals surface area contributed by atoms with Crippen LogP contribution in [0.25, 0.3) is 0 Å². The Morgan fingerprint density at radius 2 is 1.36 bits per heavy atom. The normalized spacial score (nSPS) is 9.86. The second-order valence-corrected chi connectivity index (χ2v) is 2.69.